The zero-order valence-corrected chi connectivity index (χ0v) is 12.6. The van der Waals surface area contributed by atoms with Crippen molar-refractivity contribution in [2.75, 3.05) is 0 Å². The molecule has 0 aromatic rings. The van der Waals surface area contributed by atoms with Crippen LogP contribution in [0.25, 0.3) is 0 Å². The number of allylic oxidation sites excluding steroid dienone is 2. The van der Waals surface area contributed by atoms with Crippen LogP contribution in [0.15, 0.2) is 12.2 Å². The van der Waals surface area contributed by atoms with Crippen LogP contribution in [0.4, 0.5) is 0 Å². The first kappa shape index (κ1) is 15.8. The summed E-state index contributed by atoms with van der Waals surface area (Å²) >= 11 is 0. The van der Waals surface area contributed by atoms with Crippen molar-refractivity contribution in [3.8, 4) is 0 Å². The predicted molar refractivity (Wildman–Crippen MR) is 82.9 cm³/mol. The normalized spacial score (nSPS) is 21.6. The van der Waals surface area contributed by atoms with Crippen molar-refractivity contribution in [3.05, 3.63) is 12.2 Å². The highest BCUT2D eigenvalue weighted by Gasteiger charge is 2.08. The van der Waals surface area contributed by atoms with Crippen molar-refractivity contribution in [3.63, 3.8) is 0 Å². The van der Waals surface area contributed by atoms with E-state index in [0.717, 1.165) is 5.92 Å². The maximum atomic E-state index is 2.40. The smallest absolute Gasteiger partial charge is 0.0348 e. The van der Waals surface area contributed by atoms with E-state index in [4.69, 9.17) is 0 Å². The summed E-state index contributed by atoms with van der Waals surface area (Å²) in [5.41, 5.74) is 0. The van der Waals surface area contributed by atoms with Gasteiger partial charge in [-0.05, 0) is 25.2 Å². The molecule has 0 aliphatic heterocycles. The van der Waals surface area contributed by atoms with E-state index in [1.807, 2.05) is 0 Å². The lowest BCUT2D eigenvalue weighted by Gasteiger charge is -2.17. The highest BCUT2D eigenvalue weighted by molar-refractivity contribution is 4.81. The molecule has 0 spiro atoms. The van der Waals surface area contributed by atoms with Gasteiger partial charge in [-0.25, -0.2) is 0 Å². The van der Waals surface area contributed by atoms with Gasteiger partial charge in [0.05, 0.1) is 0 Å². The molecule has 0 N–H and O–H groups in total. The fourth-order valence-corrected chi connectivity index (χ4v) is 3.15. The Morgan fingerprint density at radius 2 is 1.22 bits per heavy atom. The van der Waals surface area contributed by atoms with Gasteiger partial charge in [0.2, 0.25) is 0 Å². The second-order valence-corrected chi connectivity index (χ2v) is 6.08. The SMILES string of the molecule is CCC=CCCC1CCCCCCCCCCC1. The van der Waals surface area contributed by atoms with Gasteiger partial charge in [0.15, 0.2) is 0 Å². The molecule has 0 heteroatoms. The lowest BCUT2D eigenvalue weighted by atomic mass is 9.89. The van der Waals surface area contributed by atoms with E-state index in [2.05, 4.69) is 19.1 Å². The van der Waals surface area contributed by atoms with E-state index in [-0.39, 0.29) is 0 Å². The summed E-state index contributed by atoms with van der Waals surface area (Å²) in [6.45, 7) is 2.23. The average molecular weight is 250 g/mol. The Kier molecular flexibility index (Phi) is 10.4. The minimum Gasteiger partial charge on any atom is -0.0888 e. The van der Waals surface area contributed by atoms with Crippen molar-refractivity contribution < 1.29 is 0 Å². The van der Waals surface area contributed by atoms with Gasteiger partial charge in [0.25, 0.3) is 0 Å². The van der Waals surface area contributed by atoms with E-state index < -0.39 is 0 Å². The highest BCUT2D eigenvalue weighted by atomic mass is 14.1. The number of hydrogen-bond acceptors (Lipinski definition) is 0. The Balaban J connectivity index is 2.20. The quantitative estimate of drug-likeness (QED) is 0.490. The lowest BCUT2D eigenvalue weighted by Crippen LogP contribution is -2.01. The molecule has 1 saturated carbocycles. The summed E-state index contributed by atoms with van der Waals surface area (Å²) in [4.78, 5) is 0. The molecule has 0 bridgehead atoms. The van der Waals surface area contributed by atoms with Crippen molar-refractivity contribution in [1.29, 1.82) is 0 Å². The van der Waals surface area contributed by atoms with Crippen molar-refractivity contribution in [1.82, 2.24) is 0 Å². The second-order valence-electron chi connectivity index (χ2n) is 6.08. The van der Waals surface area contributed by atoms with Gasteiger partial charge in [-0.15, -0.1) is 0 Å². The third kappa shape index (κ3) is 8.78. The van der Waals surface area contributed by atoms with Crippen molar-refractivity contribution >= 4 is 0 Å². The molecule has 1 rings (SSSR count). The van der Waals surface area contributed by atoms with Crippen LogP contribution < -0.4 is 0 Å². The first-order chi connectivity index (χ1) is 8.93. The van der Waals surface area contributed by atoms with Crippen molar-refractivity contribution in [2.45, 2.75) is 96.8 Å². The van der Waals surface area contributed by atoms with Crippen LogP contribution in [0.5, 0.6) is 0 Å². The summed E-state index contributed by atoms with van der Waals surface area (Å²) in [6.07, 6.45) is 25.1. The topological polar surface area (TPSA) is 0 Å². The molecule has 0 unspecified atom stereocenters. The molecule has 0 saturated heterocycles. The Bertz CT molecular complexity index is 180. The van der Waals surface area contributed by atoms with E-state index in [1.54, 1.807) is 0 Å². The molecular formula is C18H34. The molecule has 106 valence electrons. The number of rotatable bonds is 4. The molecule has 0 atom stereocenters. The van der Waals surface area contributed by atoms with Crippen LogP contribution in [0.1, 0.15) is 96.8 Å². The van der Waals surface area contributed by atoms with Crippen molar-refractivity contribution in [2.24, 2.45) is 5.92 Å². The van der Waals surface area contributed by atoms with E-state index in [1.165, 1.54) is 89.9 Å². The Morgan fingerprint density at radius 1 is 0.722 bits per heavy atom. The van der Waals surface area contributed by atoms with E-state index >= 15 is 0 Å². The molecule has 0 heterocycles. The molecule has 0 amide bonds. The molecule has 0 radical (unpaired) electrons. The van der Waals surface area contributed by atoms with Crippen LogP contribution in [-0.4, -0.2) is 0 Å². The fourth-order valence-electron chi connectivity index (χ4n) is 3.15. The summed E-state index contributed by atoms with van der Waals surface area (Å²) in [7, 11) is 0. The summed E-state index contributed by atoms with van der Waals surface area (Å²) in [5, 5.41) is 0. The minimum atomic E-state index is 1.02. The Morgan fingerprint density at radius 3 is 1.72 bits per heavy atom. The maximum absolute atomic E-state index is 2.40. The van der Waals surface area contributed by atoms with Crippen LogP contribution in [0, 0.1) is 5.92 Å². The standard InChI is InChI=1S/C18H34/c1-2-3-4-12-15-18-16-13-10-8-6-5-7-9-11-14-17-18/h3-4,18H,2,5-17H2,1H3. The van der Waals surface area contributed by atoms with Crippen LogP contribution in [-0.2, 0) is 0 Å². The molecule has 1 fully saturated rings. The molecular weight excluding hydrogens is 216 g/mol. The summed E-state index contributed by atoms with van der Waals surface area (Å²) < 4.78 is 0. The Labute approximate surface area is 115 Å². The van der Waals surface area contributed by atoms with Gasteiger partial charge in [0.1, 0.15) is 0 Å². The van der Waals surface area contributed by atoms with Crippen LogP contribution in [0.2, 0.25) is 0 Å². The van der Waals surface area contributed by atoms with Crippen LogP contribution in [0.3, 0.4) is 0 Å². The number of hydrogen-bond donors (Lipinski definition) is 0. The van der Waals surface area contributed by atoms with Gasteiger partial charge < -0.3 is 0 Å². The highest BCUT2D eigenvalue weighted by Crippen LogP contribution is 2.24. The molecule has 0 nitrogen and oxygen atoms in total. The maximum Gasteiger partial charge on any atom is -0.0348 e. The first-order valence-corrected chi connectivity index (χ1v) is 8.58. The van der Waals surface area contributed by atoms with Gasteiger partial charge in [0, 0.05) is 0 Å². The average Bonchev–Trinajstić information content (AvgIpc) is 2.37. The molecule has 0 aromatic carbocycles. The van der Waals surface area contributed by atoms with Gasteiger partial charge in [-0.2, -0.15) is 0 Å². The fraction of sp³-hybridized carbons (Fsp3) is 0.889. The zero-order chi connectivity index (χ0) is 12.9. The first-order valence-electron chi connectivity index (χ1n) is 8.58. The summed E-state index contributed by atoms with van der Waals surface area (Å²) in [5.74, 6) is 1.02. The summed E-state index contributed by atoms with van der Waals surface area (Å²) in [6, 6.07) is 0. The minimum absolute atomic E-state index is 1.02. The molecule has 0 aromatic heterocycles. The monoisotopic (exact) mass is 250 g/mol. The van der Waals surface area contributed by atoms with Gasteiger partial charge in [-0.1, -0.05) is 89.7 Å². The van der Waals surface area contributed by atoms with Gasteiger partial charge in [-0.3, -0.25) is 0 Å². The Hall–Kier alpha value is -0.260. The second kappa shape index (κ2) is 11.8. The van der Waals surface area contributed by atoms with E-state index in [9.17, 15) is 0 Å². The lowest BCUT2D eigenvalue weighted by molar-refractivity contribution is 0.376. The predicted octanol–water partition coefficient (Wildman–Crippen LogP) is 6.65. The largest absolute Gasteiger partial charge is 0.0888 e. The molecule has 1 aliphatic carbocycles. The molecule has 18 heavy (non-hydrogen) atoms. The van der Waals surface area contributed by atoms with Crippen LogP contribution >= 0.6 is 0 Å². The zero-order valence-electron chi connectivity index (χ0n) is 12.6. The third-order valence-corrected chi connectivity index (χ3v) is 4.37. The van der Waals surface area contributed by atoms with Gasteiger partial charge >= 0.3 is 0 Å². The molecule has 1 aliphatic rings. The third-order valence-electron chi connectivity index (χ3n) is 4.37. The van der Waals surface area contributed by atoms with E-state index in [0.29, 0.717) is 0 Å².